The molecule has 0 heterocycles. The van der Waals surface area contributed by atoms with Crippen molar-refractivity contribution >= 4 is 17.1 Å². The van der Waals surface area contributed by atoms with Gasteiger partial charge in [-0.2, -0.15) is 0 Å². The maximum absolute atomic E-state index is 5.43. The zero-order chi connectivity index (χ0) is 27.8. The van der Waals surface area contributed by atoms with Crippen LogP contribution in [0.15, 0.2) is 105 Å². The summed E-state index contributed by atoms with van der Waals surface area (Å²) in [7, 11) is 0. The molecule has 4 rings (SSSR count). The summed E-state index contributed by atoms with van der Waals surface area (Å²) in [5.74, 6) is 0. The van der Waals surface area contributed by atoms with Gasteiger partial charge in [0.25, 0.3) is 0 Å². The van der Waals surface area contributed by atoms with E-state index in [-0.39, 0.29) is 0 Å². The molecule has 4 aromatic carbocycles. The predicted molar refractivity (Wildman–Crippen MR) is 165 cm³/mol. The minimum atomic E-state index is 0.599. The van der Waals surface area contributed by atoms with Gasteiger partial charge in [-0.1, -0.05) is 55.6 Å². The standard InChI is InChI=1S/C36H39NO2/c1-7-38-21-19-31-11-12-32(25-33(31)20-22-39-8-2)30-13-17-34(18-14-30)37(35-15-9-26(3)28(5)23-35)36-16-10-27(4)29(6)24-36/h7-18,23-25H,1-2,19-22H2,3-6H3. The molecule has 39 heavy (non-hydrogen) atoms. The molecule has 0 aliphatic carbocycles. The fourth-order valence-corrected chi connectivity index (χ4v) is 4.77. The van der Waals surface area contributed by atoms with Crippen LogP contribution < -0.4 is 4.90 Å². The first-order chi connectivity index (χ1) is 18.9. The van der Waals surface area contributed by atoms with Crippen LogP contribution in [0.2, 0.25) is 0 Å². The van der Waals surface area contributed by atoms with E-state index in [4.69, 9.17) is 9.47 Å². The van der Waals surface area contributed by atoms with E-state index in [1.165, 1.54) is 57.0 Å². The van der Waals surface area contributed by atoms with Gasteiger partial charge in [0, 0.05) is 29.9 Å². The highest BCUT2D eigenvalue weighted by atomic mass is 16.5. The number of benzene rings is 4. The van der Waals surface area contributed by atoms with E-state index < -0.39 is 0 Å². The average Bonchev–Trinajstić information content (AvgIpc) is 2.94. The van der Waals surface area contributed by atoms with Crippen LogP contribution >= 0.6 is 0 Å². The lowest BCUT2D eigenvalue weighted by atomic mass is 9.96. The molecule has 0 N–H and O–H groups in total. The van der Waals surface area contributed by atoms with Gasteiger partial charge in [-0.15, -0.1) is 0 Å². The fraction of sp³-hybridized carbons (Fsp3) is 0.222. The number of nitrogens with zero attached hydrogens (tertiary/aromatic N) is 1. The number of rotatable bonds is 12. The van der Waals surface area contributed by atoms with Crippen LogP contribution in [0.4, 0.5) is 17.1 Å². The molecule has 3 heteroatoms. The van der Waals surface area contributed by atoms with Gasteiger partial charge in [0.15, 0.2) is 0 Å². The first-order valence-corrected chi connectivity index (χ1v) is 13.5. The van der Waals surface area contributed by atoms with Gasteiger partial charge in [-0.05, 0) is 109 Å². The quantitative estimate of drug-likeness (QED) is 0.138. The second-order valence-electron chi connectivity index (χ2n) is 9.98. The van der Waals surface area contributed by atoms with E-state index in [0.717, 1.165) is 29.9 Å². The first kappa shape index (κ1) is 27.8. The molecule has 0 bridgehead atoms. The summed E-state index contributed by atoms with van der Waals surface area (Å²) in [6.45, 7) is 17.2. The van der Waals surface area contributed by atoms with Crippen molar-refractivity contribution in [2.45, 2.75) is 40.5 Å². The average molecular weight is 518 g/mol. The third-order valence-corrected chi connectivity index (χ3v) is 7.38. The lowest BCUT2D eigenvalue weighted by molar-refractivity contribution is 0.250. The van der Waals surface area contributed by atoms with Crippen LogP contribution in [0.5, 0.6) is 0 Å². The van der Waals surface area contributed by atoms with Crippen molar-refractivity contribution in [2.75, 3.05) is 18.1 Å². The zero-order valence-corrected chi connectivity index (χ0v) is 23.7. The van der Waals surface area contributed by atoms with Crippen molar-refractivity contribution in [3.63, 3.8) is 0 Å². The Morgan fingerprint density at radius 3 is 1.54 bits per heavy atom. The third kappa shape index (κ3) is 6.80. The van der Waals surface area contributed by atoms with Gasteiger partial charge >= 0.3 is 0 Å². The minimum Gasteiger partial charge on any atom is -0.501 e. The normalized spacial score (nSPS) is 10.7. The van der Waals surface area contributed by atoms with Crippen molar-refractivity contribution in [1.29, 1.82) is 0 Å². The van der Waals surface area contributed by atoms with E-state index in [0.29, 0.717) is 13.2 Å². The predicted octanol–water partition coefficient (Wildman–Crippen LogP) is 9.46. The van der Waals surface area contributed by atoms with Crippen molar-refractivity contribution in [3.8, 4) is 11.1 Å². The summed E-state index contributed by atoms with van der Waals surface area (Å²) in [5, 5.41) is 0. The molecule has 0 saturated heterocycles. The molecule has 0 unspecified atom stereocenters. The maximum atomic E-state index is 5.43. The third-order valence-electron chi connectivity index (χ3n) is 7.38. The topological polar surface area (TPSA) is 21.7 Å². The molecule has 0 aliphatic heterocycles. The second kappa shape index (κ2) is 13.0. The minimum absolute atomic E-state index is 0.599. The number of ether oxygens (including phenoxy) is 2. The summed E-state index contributed by atoms with van der Waals surface area (Å²) in [6.07, 6.45) is 4.64. The van der Waals surface area contributed by atoms with E-state index in [1.807, 2.05) is 0 Å². The van der Waals surface area contributed by atoms with Crippen LogP contribution in [0.3, 0.4) is 0 Å². The molecule has 200 valence electrons. The molecule has 0 aliphatic rings. The maximum Gasteiger partial charge on any atom is 0.0913 e. The molecule has 0 saturated carbocycles. The summed E-state index contributed by atoms with van der Waals surface area (Å²) < 4.78 is 10.8. The van der Waals surface area contributed by atoms with Crippen molar-refractivity contribution in [3.05, 3.63) is 138 Å². The number of anilines is 3. The second-order valence-corrected chi connectivity index (χ2v) is 9.98. The van der Waals surface area contributed by atoms with Crippen LogP contribution in [0, 0.1) is 27.7 Å². The smallest absolute Gasteiger partial charge is 0.0913 e. The van der Waals surface area contributed by atoms with Gasteiger partial charge in [0.2, 0.25) is 0 Å². The Kier molecular flexibility index (Phi) is 9.27. The Labute approximate surface area is 234 Å². The molecule has 0 spiro atoms. The van der Waals surface area contributed by atoms with Crippen molar-refractivity contribution < 1.29 is 9.47 Å². The first-order valence-electron chi connectivity index (χ1n) is 13.5. The molecular formula is C36H39NO2. The number of aryl methyl sites for hydroxylation is 4. The molecule has 0 amide bonds. The van der Waals surface area contributed by atoms with E-state index >= 15 is 0 Å². The van der Waals surface area contributed by atoms with Crippen molar-refractivity contribution in [2.24, 2.45) is 0 Å². The molecule has 0 atom stereocenters. The van der Waals surface area contributed by atoms with Gasteiger partial charge in [0.05, 0.1) is 25.7 Å². The van der Waals surface area contributed by atoms with Gasteiger partial charge in [0.1, 0.15) is 0 Å². The summed E-state index contributed by atoms with van der Waals surface area (Å²) in [4.78, 5) is 2.34. The number of hydrogen-bond donors (Lipinski definition) is 0. The van der Waals surface area contributed by atoms with E-state index in [1.54, 1.807) is 0 Å². The summed E-state index contributed by atoms with van der Waals surface area (Å²) in [6, 6.07) is 28.9. The largest absolute Gasteiger partial charge is 0.501 e. The molecular weight excluding hydrogens is 478 g/mol. The fourth-order valence-electron chi connectivity index (χ4n) is 4.77. The summed E-state index contributed by atoms with van der Waals surface area (Å²) >= 11 is 0. The van der Waals surface area contributed by atoms with Crippen LogP contribution in [0.1, 0.15) is 33.4 Å². The SMILES string of the molecule is C=COCCc1ccc(-c2ccc(N(c3ccc(C)c(C)c3)c3ccc(C)c(C)c3)cc2)cc1CCOC=C. The van der Waals surface area contributed by atoms with E-state index in [2.05, 4.69) is 125 Å². The Hall–Kier alpha value is -4.24. The molecule has 0 radical (unpaired) electrons. The van der Waals surface area contributed by atoms with Gasteiger partial charge in [-0.3, -0.25) is 0 Å². The van der Waals surface area contributed by atoms with Crippen LogP contribution in [-0.2, 0) is 22.3 Å². The number of hydrogen-bond acceptors (Lipinski definition) is 3. The Bertz CT molecular complexity index is 1380. The Morgan fingerprint density at radius 1 is 0.538 bits per heavy atom. The molecule has 0 aromatic heterocycles. The highest BCUT2D eigenvalue weighted by Crippen LogP contribution is 2.37. The molecule has 3 nitrogen and oxygen atoms in total. The summed E-state index contributed by atoms with van der Waals surface area (Å²) in [5.41, 5.74) is 13.5. The highest BCUT2D eigenvalue weighted by molar-refractivity contribution is 5.79. The monoisotopic (exact) mass is 517 g/mol. The van der Waals surface area contributed by atoms with Gasteiger partial charge < -0.3 is 14.4 Å². The Balaban J connectivity index is 1.69. The van der Waals surface area contributed by atoms with Crippen LogP contribution in [-0.4, -0.2) is 13.2 Å². The molecule has 4 aromatic rings. The van der Waals surface area contributed by atoms with Gasteiger partial charge in [-0.25, -0.2) is 0 Å². The highest BCUT2D eigenvalue weighted by Gasteiger charge is 2.15. The van der Waals surface area contributed by atoms with Crippen LogP contribution in [0.25, 0.3) is 11.1 Å². The lowest BCUT2D eigenvalue weighted by Gasteiger charge is -2.27. The lowest BCUT2D eigenvalue weighted by Crippen LogP contribution is -2.10. The van der Waals surface area contributed by atoms with E-state index in [9.17, 15) is 0 Å². The van der Waals surface area contributed by atoms with Crippen molar-refractivity contribution in [1.82, 2.24) is 0 Å². The molecule has 0 fully saturated rings. The zero-order valence-electron chi connectivity index (χ0n) is 23.7. The Morgan fingerprint density at radius 2 is 1.03 bits per heavy atom.